The van der Waals surface area contributed by atoms with Gasteiger partial charge in [-0.2, -0.15) is 11.3 Å². The van der Waals surface area contributed by atoms with Crippen LogP contribution in [0.15, 0.2) is 29.0 Å². The van der Waals surface area contributed by atoms with Gasteiger partial charge < -0.3 is 10.1 Å². The number of rotatable bonds is 4. The van der Waals surface area contributed by atoms with Crippen molar-refractivity contribution in [2.75, 3.05) is 0 Å². The highest BCUT2D eigenvalue weighted by molar-refractivity contribution is 7.08. The van der Waals surface area contributed by atoms with E-state index in [1.807, 2.05) is 0 Å². The quantitative estimate of drug-likeness (QED) is 0.915. The second-order valence-corrected chi connectivity index (χ2v) is 6.87. The van der Waals surface area contributed by atoms with Crippen LogP contribution in [0.25, 0.3) is 0 Å². The van der Waals surface area contributed by atoms with E-state index in [4.69, 9.17) is 4.74 Å². The molecule has 0 aliphatic carbocycles. The number of hydrogen-bond acceptors (Lipinski definition) is 3. The Morgan fingerprint density at radius 2 is 2.00 bits per heavy atom. The number of hydrogen-bond donors (Lipinski definition) is 1. The molecule has 2 nitrogen and oxygen atoms in total. The van der Waals surface area contributed by atoms with E-state index in [0.29, 0.717) is 0 Å². The predicted molar refractivity (Wildman–Crippen MR) is 84.5 cm³/mol. The molecule has 0 saturated heterocycles. The molecule has 1 aromatic carbocycles. The highest BCUT2D eigenvalue weighted by Gasteiger charge is 2.31. The van der Waals surface area contributed by atoms with E-state index >= 15 is 0 Å². The van der Waals surface area contributed by atoms with Gasteiger partial charge in [0.2, 0.25) is 0 Å². The average Bonchev–Trinajstić information content (AvgIpc) is 2.92. The minimum Gasteiger partial charge on any atom is -0.487 e. The van der Waals surface area contributed by atoms with E-state index in [-0.39, 0.29) is 5.60 Å². The van der Waals surface area contributed by atoms with Gasteiger partial charge in [0.05, 0.1) is 0 Å². The van der Waals surface area contributed by atoms with Crippen LogP contribution in [0.3, 0.4) is 0 Å². The van der Waals surface area contributed by atoms with Crippen LogP contribution >= 0.6 is 11.3 Å². The molecule has 3 rings (SSSR count). The largest absolute Gasteiger partial charge is 0.487 e. The first-order chi connectivity index (χ1) is 9.55. The Hall–Kier alpha value is -1.32. The molecule has 0 amide bonds. The average molecular weight is 287 g/mol. The third-order valence-electron chi connectivity index (χ3n) is 3.77. The van der Waals surface area contributed by atoms with E-state index in [2.05, 4.69) is 55.0 Å². The van der Waals surface area contributed by atoms with Gasteiger partial charge in [-0.25, -0.2) is 0 Å². The van der Waals surface area contributed by atoms with Gasteiger partial charge >= 0.3 is 0 Å². The maximum absolute atomic E-state index is 6.10. The summed E-state index contributed by atoms with van der Waals surface area (Å²) in [4.78, 5) is 0. The molecule has 0 radical (unpaired) electrons. The van der Waals surface area contributed by atoms with E-state index in [1.165, 1.54) is 22.3 Å². The third kappa shape index (κ3) is 2.74. The van der Waals surface area contributed by atoms with Crippen LogP contribution in [0.2, 0.25) is 0 Å². The molecule has 106 valence electrons. The third-order valence-corrected chi connectivity index (χ3v) is 4.68. The molecule has 0 bridgehead atoms. The standard InChI is InChI=1S/C17H21NOS/c1-12-10-20-11-15(12)9-18-8-14-6-4-5-13-7-17(2,3)19-16(13)14/h4-6,10-11,18H,7-9H2,1-3H3. The van der Waals surface area contributed by atoms with Crippen LogP contribution in [0.4, 0.5) is 0 Å². The number of para-hydroxylation sites is 1. The Bertz CT molecular complexity index is 615. The Labute approximate surface area is 124 Å². The normalized spacial score (nSPS) is 15.9. The topological polar surface area (TPSA) is 21.3 Å². The van der Waals surface area contributed by atoms with Crippen molar-refractivity contribution in [3.8, 4) is 5.75 Å². The number of fused-ring (bicyclic) bond motifs is 1. The summed E-state index contributed by atoms with van der Waals surface area (Å²) < 4.78 is 6.10. The monoisotopic (exact) mass is 287 g/mol. The van der Waals surface area contributed by atoms with Gasteiger partial charge in [-0.3, -0.25) is 0 Å². The van der Waals surface area contributed by atoms with Gasteiger partial charge in [-0.15, -0.1) is 0 Å². The number of benzene rings is 1. The van der Waals surface area contributed by atoms with Crippen molar-refractivity contribution in [3.05, 3.63) is 51.2 Å². The molecular formula is C17H21NOS. The molecular weight excluding hydrogens is 266 g/mol. The maximum atomic E-state index is 6.10. The van der Waals surface area contributed by atoms with Gasteiger partial charge in [0, 0.05) is 25.1 Å². The van der Waals surface area contributed by atoms with Gasteiger partial charge in [-0.1, -0.05) is 18.2 Å². The minimum atomic E-state index is -0.0671. The van der Waals surface area contributed by atoms with Crippen molar-refractivity contribution in [1.29, 1.82) is 0 Å². The first-order valence-corrected chi connectivity index (χ1v) is 8.02. The number of nitrogens with one attached hydrogen (secondary N) is 1. The first-order valence-electron chi connectivity index (χ1n) is 7.07. The summed E-state index contributed by atoms with van der Waals surface area (Å²) in [5.74, 6) is 1.09. The number of aryl methyl sites for hydroxylation is 1. The van der Waals surface area contributed by atoms with Crippen molar-refractivity contribution >= 4 is 11.3 Å². The predicted octanol–water partition coefficient (Wildman–Crippen LogP) is 4.06. The van der Waals surface area contributed by atoms with Crippen LogP contribution in [0.1, 0.15) is 36.1 Å². The molecule has 1 aliphatic heterocycles. The molecule has 0 saturated carbocycles. The number of thiophene rings is 1. The first kappa shape index (κ1) is 13.7. The molecule has 20 heavy (non-hydrogen) atoms. The van der Waals surface area contributed by atoms with E-state index < -0.39 is 0 Å². The fourth-order valence-corrected chi connectivity index (χ4v) is 3.58. The highest BCUT2D eigenvalue weighted by atomic mass is 32.1. The summed E-state index contributed by atoms with van der Waals surface area (Å²) in [6.07, 6.45) is 1.000. The van der Waals surface area contributed by atoms with Crippen molar-refractivity contribution in [2.24, 2.45) is 0 Å². The lowest BCUT2D eigenvalue weighted by Crippen LogP contribution is -2.25. The van der Waals surface area contributed by atoms with Gasteiger partial charge in [0.1, 0.15) is 11.4 Å². The van der Waals surface area contributed by atoms with Crippen LogP contribution in [-0.4, -0.2) is 5.60 Å². The van der Waals surface area contributed by atoms with Gasteiger partial charge in [0.25, 0.3) is 0 Å². The summed E-state index contributed by atoms with van der Waals surface area (Å²) in [5, 5.41) is 7.95. The summed E-state index contributed by atoms with van der Waals surface area (Å²) in [6.45, 7) is 8.24. The van der Waals surface area contributed by atoms with Crippen molar-refractivity contribution in [1.82, 2.24) is 5.32 Å². The number of ether oxygens (including phenoxy) is 1. The Morgan fingerprint density at radius 1 is 1.20 bits per heavy atom. The van der Waals surface area contributed by atoms with Crippen LogP contribution in [-0.2, 0) is 19.5 Å². The fourth-order valence-electron chi connectivity index (χ4n) is 2.72. The fraction of sp³-hybridized carbons (Fsp3) is 0.412. The van der Waals surface area contributed by atoms with Crippen molar-refractivity contribution in [3.63, 3.8) is 0 Å². The zero-order valence-electron chi connectivity index (χ0n) is 12.3. The van der Waals surface area contributed by atoms with Crippen molar-refractivity contribution < 1.29 is 4.74 Å². The van der Waals surface area contributed by atoms with Crippen LogP contribution in [0, 0.1) is 6.92 Å². The highest BCUT2D eigenvalue weighted by Crippen LogP contribution is 2.37. The lowest BCUT2D eigenvalue weighted by atomic mass is 10.0. The van der Waals surface area contributed by atoms with Crippen LogP contribution < -0.4 is 10.1 Å². The molecule has 0 spiro atoms. The Kier molecular flexibility index (Phi) is 3.57. The van der Waals surface area contributed by atoms with E-state index in [1.54, 1.807) is 11.3 Å². The van der Waals surface area contributed by atoms with Gasteiger partial charge in [0.15, 0.2) is 0 Å². The molecule has 3 heteroatoms. The molecule has 0 fully saturated rings. The lowest BCUT2D eigenvalue weighted by Gasteiger charge is -2.18. The van der Waals surface area contributed by atoms with Crippen LogP contribution in [0.5, 0.6) is 5.75 Å². The molecule has 2 aromatic rings. The lowest BCUT2D eigenvalue weighted by molar-refractivity contribution is 0.137. The van der Waals surface area contributed by atoms with Gasteiger partial charge in [-0.05, 0) is 48.2 Å². The molecule has 1 aliphatic rings. The summed E-state index contributed by atoms with van der Waals surface area (Å²) in [7, 11) is 0. The Balaban J connectivity index is 1.68. The SMILES string of the molecule is Cc1cscc1CNCc1cccc2c1OC(C)(C)C2. The van der Waals surface area contributed by atoms with E-state index in [9.17, 15) is 0 Å². The minimum absolute atomic E-state index is 0.0671. The smallest absolute Gasteiger partial charge is 0.127 e. The zero-order chi connectivity index (χ0) is 14.2. The summed E-state index contributed by atoms with van der Waals surface area (Å²) >= 11 is 1.77. The molecule has 2 heterocycles. The molecule has 1 aromatic heterocycles. The van der Waals surface area contributed by atoms with E-state index in [0.717, 1.165) is 25.3 Å². The summed E-state index contributed by atoms with van der Waals surface area (Å²) in [5.41, 5.74) is 5.30. The second-order valence-electron chi connectivity index (χ2n) is 6.13. The van der Waals surface area contributed by atoms with Crippen molar-refractivity contribution in [2.45, 2.75) is 45.9 Å². The second kappa shape index (κ2) is 5.23. The molecule has 0 unspecified atom stereocenters. The molecule has 1 N–H and O–H groups in total. The zero-order valence-corrected chi connectivity index (χ0v) is 13.1. The molecule has 0 atom stereocenters. The Morgan fingerprint density at radius 3 is 2.75 bits per heavy atom. The maximum Gasteiger partial charge on any atom is 0.127 e. The summed E-state index contributed by atoms with van der Waals surface area (Å²) in [6, 6.07) is 6.47.